The molecule has 29 heavy (non-hydrogen) atoms. The molecule has 1 aliphatic rings. The van der Waals surface area contributed by atoms with Crippen LogP contribution >= 0.6 is 23.1 Å². The Morgan fingerprint density at radius 2 is 1.79 bits per heavy atom. The Morgan fingerprint density at radius 1 is 1.10 bits per heavy atom. The zero-order valence-electron chi connectivity index (χ0n) is 16.0. The minimum atomic E-state index is -3.54. The molecule has 7 nitrogen and oxygen atoms in total. The van der Waals surface area contributed by atoms with Crippen LogP contribution in [0.4, 0.5) is 5.69 Å². The van der Waals surface area contributed by atoms with E-state index in [2.05, 4.69) is 10.6 Å². The lowest BCUT2D eigenvalue weighted by Crippen LogP contribution is -2.37. The summed E-state index contributed by atoms with van der Waals surface area (Å²) in [5, 5.41) is 5.28. The molecular weight excluding hydrogens is 430 g/mol. The molecule has 10 heteroatoms. The minimum Gasteiger partial charge on any atom is -0.347 e. The summed E-state index contributed by atoms with van der Waals surface area (Å²) in [6.45, 7) is 2.59. The summed E-state index contributed by atoms with van der Waals surface area (Å²) in [6.07, 6.45) is 0.197. The number of nitrogens with zero attached hydrogens (tertiary/aromatic N) is 1. The van der Waals surface area contributed by atoms with E-state index in [4.69, 9.17) is 0 Å². The van der Waals surface area contributed by atoms with Crippen molar-refractivity contribution in [1.82, 2.24) is 9.62 Å². The highest BCUT2D eigenvalue weighted by Gasteiger charge is 2.28. The molecule has 2 heterocycles. The molecular formula is C19H23N3O4S3. The molecule has 3 rings (SSSR count). The van der Waals surface area contributed by atoms with E-state index in [9.17, 15) is 18.0 Å². The van der Waals surface area contributed by atoms with Crippen molar-refractivity contribution >= 4 is 50.6 Å². The standard InChI is InChI=1S/C19H23N3O4S3/c1-14-16(12-19(28-14)29(25,26)22-7-9-27-10-8-22)21-18(24)13-20-17(23)11-15-5-3-2-4-6-15/h2-6,12H,7-11,13H2,1H3,(H,20,23)(H,21,24). The number of benzene rings is 1. The van der Waals surface area contributed by atoms with Gasteiger partial charge in [0.25, 0.3) is 10.0 Å². The Bertz CT molecular complexity index is 968. The largest absolute Gasteiger partial charge is 0.347 e. The Labute approximate surface area is 178 Å². The van der Waals surface area contributed by atoms with Crippen LogP contribution in [0.5, 0.6) is 0 Å². The number of thiophene rings is 1. The SMILES string of the molecule is Cc1sc(S(=O)(=O)N2CCSCC2)cc1NC(=O)CNC(=O)Cc1ccccc1. The van der Waals surface area contributed by atoms with Crippen molar-refractivity contribution in [1.29, 1.82) is 0 Å². The minimum absolute atomic E-state index is 0.174. The van der Waals surface area contributed by atoms with Crippen molar-refractivity contribution in [3.8, 4) is 0 Å². The van der Waals surface area contributed by atoms with E-state index in [1.807, 2.05) is 30.3 Å². The Balaban J connectivity index is 1.56. The van der Waals surface area contributed by atoms with E-state index >= 15 is 0 Å². The summed E-state index contributed by atoms with van der Waals surface area (Å²) in [7, 11) is -3.54. The number of sulfonamides is 1. The summed E-state index contributed by atoms with van der Waals surface area (Å²) < 4.78 is 27.3. The number of amides is 2. The maximum atomic E-state index is 12.8. The summed E-state index contributed by atoms with van der Waals surface area (Å²) in [6, 6.07) is 10.8. The second-order valence-electron chi connectivity index (χ2n) is 6.54. The Hall–Kier alpha value is -1.88. The maximum absolute atomic E-state index is 12.8. The van der Waals surface area contributed by atoms with Crippen molar-refractivity contribution in [2.75, 3.05) is 36.5 Å². The second-order valence-corrected chi connectivity index (χ2v) is 11.2. The summed E-state index contributed by atoms with van der Waals surface area (Å²) in [5.41, 5.74) is 1.33. The number of nitrogens with one attached hydrogen (secondary N) is 2. The maximum Gasteiger partial charge on any atom is 0.252 e. The van der Waals surface area contributed by atoms with E-state index in [0.717, 1.165) is 28.4 Å². The smallest absolute Gasteiger partial charge is 0.252 e. The van der Waals surface area contributed by atoms with Crippen LogP contribution in [-0.4, -0.2) is 55.7 Å². The predicted octanol–water partition coefficient (Wildman–Crippen LogP) is 2.09. The molecule has 0 atom stereocenters. The zero-order chi connectivity index (χ0) is 20.9. The van der Waals surface area contributed by atoms with Gasteiger partial charge >= 0.3 is 0 Å². The van der Waals surface area contributed by atoms with Crippen LogP contribution in [0.2, 0.25) is 0 Å². The first-order valence-electron chi connectivity index (χ1n) is 9.15. The molecule has 2 aromatic rings. The van der Waals surface area contributed by atoms with Gasteiger partial charge in [-0.15, -0.1) is 11.3 Å². The van der Waals surface area contributed by atoms with E-state index in [1.165, 1.54) is 10.4 Å². The average molecular weight is 454 g/mol. The molecule has 0 saturated carbocycles. The van der Waals surface area contributed by atoms with Crippen LogP contribution in [0.15, 0.2) is 40.6 Å². The second kappa shape index (κ2) is 9.75. The van der Waals surface area contributed by atoms with Crippen LogP contribution in [0.1, 0.15) is 10.4 Å². The number of carbonyl (C=O) groups is 2. The molecule has 0 aliphatic carbocycles. The molecule has 1 saturated heterocycles. The monoisotopic (exact) mass is 453 g/mol. The lowest BCUT2D eigenvalue weighted by Gasteiger charge is -2.24. The predicted molar refractivity (Wildman–Crippen MR) is 117 cm³/mol. The highest BCUT2D eigenvalue weighted by atomic mass is 32.2. The van der Waals surface area contributed by atoms with Gasteiger partial charge in [0.2, 0.25) is 11.8 Å². The number of hydrogen-bond donors (Lipinski definition) is 2. The van der Waals surface area contributed by atoms with Gasteiger partial charge in [-0.1, -0.05) is 30.3 Å². The fourth-order valence-electron chi connectivity index (χ4n) is 2.84. The molecule has 2 amide bonds. The zero-order valence-corrected chi connectivity index (χ0v) is 18.5. The number of anilines is 1. The third-order valence-electron chi connectivity index (χ3n) is 4.39. The van der Waals surface area contributed by atoms with Crippen molar-refractivity contribution in [2.24, 2.45) is 0 Å². The van der Waals surface area contributed by atoms with Gasteiger partial charge in [-0.2, -0.15) is 16.1 Å². The first kappa shape index (κ1) is 21.8. The summed E-state index contributed by atoms with van der Waals surface area (Å²) in [4.78, 5) is 24.9. The van der Waals surface area contributed by atoms with Crippen molar-refractivity contribution < 1.29 is 18.0 Å². The van der Waals surface area contributed by atoms with Crippen LogP contribution in [0.3, 0.4) is 0 Å². The molecule has 1 aliphatic heterocycles. The average Bonchev–Trinajstić information content (AvgIpc) is 3.09. The number of carbonyl (C=O) groups excluding carboxylic acids is 2. The fourth-order valence-corrected chi connectivity index (χ4v) is 6.97. The Kier molecular flexibility index (Phi) is 7.33. The normalized spacial score (nSPS) is 15.1. The van der Waals surface area contributed by atoms with E-state index in [0.29, 0.717) is 23.7 Å². The third-order valence-corrected chi connectivity index (χ3v) is 8.73. The van der Waals surface area contributed by atoms with Gasteiger partial charge in [-0.3, -0.25) is 9.59 Å². The van der Waals surface area contributed by atoms with Crippen molar-refractivity contribution in [2.45, 2.75) is 17.6 Å². The molecule has 156 valence electrons. The fraction of sp³-hybridized carbons (Fsp3) is 0.368. The molecule has 1 aromatic heterocycles. The van der Waals surface area contributed by atoms with Gasteiger partial charge in [0.15, 0.2) is 0 Å². The number of aryl methyl sites for hydroxylation is 1. The summed E-state index contributed by atoms with van der Waals surface area (Å²) >= 11 is 2.89. The van der Waals surface area contributed by atoms with Gasteiger partial charge in [0.1, 0.15) is 4.21 Å². The molecule has 0 spiro atoms. The highest BCUT2D eigenvalue weighted by Crippen LogP contribution is 2.32. The lowest BCUT2D eigenvalue weighted by molar-refractivity contribution is -0.123. The van der Waals surface area contributed by atoms with Gasteiger partial charge in [0, 0.05) is 29.5 Å². The van der Waals surface area contributed by atoms with Gasteiger partial charge in [-0.05, 0) is 18.6 Å². The van der Waals surface area contributed by atoms with Gasteiger partial charge in [-0.25, -0.2) is 8.42 Å². The molecule has 0 unspecified atom stereocenters. The van der Waals surface area contributed by atoms with E-state index in [-0.39, 0.29) is 23.1 Å². The molecule has 2 N–H and O–H groups in total. The van der Waals surface area contributed by atoms with Gasteiger partial charge in [0.05, 0.1) is 18.7 Å². The number of hydrogen-bond acceptors (Lipinski definition) is 6. The quantitative estimate of drug-likeness (QED) is 0.669. The molecule has 0 radical (unpaired) electrons. The highest BCUT2D eigenvalue weighted by molar-refractivity contribution is 7.99. The molecule has 0 bridgehead atoms. The first-order chi connectivity index (χ1) is 13.9. The van der Waals surface area contributed by atoms with E-state index < -0.39 is 15.9 Å². The topological polar surface area (TPSA) is 95.6 Å². The summed E-state index contributed by atoms with van der Waals surface area (Å²) in [5.74, 6) is 0.927. The number of rotatable bonds is 7. The van der Waals surface area contributed by atoms with Crippen LogP contribution in [-0.2, 0) is 26.0 Å². The molecule has 1 fully saturated rings. The van der Waals surface area contributed by atoms with Crippen LogP contribution in [0, 0.1) is 6.92 Å². The van der Waals surface area contributed by atoms with E-state index in [1.54, 1.807) is 18.7 Å². The van der Waals surface area contributed by atoms with Crippen LogP contribution < -0.4 is 10.6 Å². The van der Waals surface area contributed by atoms with Crippen molar-refractivity contribution in [3.63, 3.8) is 0 Å². The number of thioether (sulfide) groups is 1. The molecule has 1 aromatic carbocycles. The van der Waals surface area contributed by atoms with Crippen LogP contribution in [0.25, 0.3) is 0 Å². The lowest BCUT2D eigenvalue weighted by atomic mass is 10.1. The Morgan fingerprint density at radius 3 is 2.48 bits per heavy atom. The van der Waals surface area contributed by atoms with Crippen molar-refractivity contribution in [3.05, 3.63) is 46.8 Å². The first-order valence-corrected chi connectivity index (χ1v) is 12.6. The third kappa shape index (κ3) is 5.81. The van der Waals surface area contributed by atoms with Gasteiger partial charge < -0.3 is 10.6 Å².